The van der Waals surface area contributed by atoms with Crippen molar-refractivity contribution in [1.82, 2.24) is 9.80 Å². The molecule has 0 N–H and O–H groups in total. The number of halogens is 2. The molecule has 1 fully saturated rings. The largest absolute Gasteiger partial charge is 0.298 e. The van der Waals surface area contributed by atoms with Crippen molar-refractivity contribution in [3.05, 3.63) is 0 Å². The van der Waals surface area contributed by atoms with Crippen LogP contribution in [0.15, 0.2) is 0 Å². The van der Waals surface area contributed by atoms with E-state index in [1.807, 2.05) is 6.92 Å². The summed E-state index contributed by atoms with van der Waals surface area (Å²) in [5, 5.41) is 0. The van der Waals surface area contributed by atoms with Crippen LogP contribution in [0, 0.1) is 0 Å². The van der Waals surface area contributed by atoms with Gasteiger partial charge in [-0.3, -0.25) is 9.80 Å². The number of hydrogen-bond acceptors (Lipinski definition) is 2. The van der Waals surface area contributed by atoms with Gasteiger partial charge in [0.1, 0.15) is 0 Å². The highest BCUT2D eigenvalue weighted by Gasteiger charge is 2.28. The molecule has 0 aliphatic carbocycles. The van der Waals surface area contributed by atoms with Gasteiger partial charge >= 0.3 is 0 Å². The minimum atomic E-state index is -2.18. The van der Waals surface area contributed by atoms with E-state index in [4.69, 9.17) is 0 Å². The highest BCUT2D eigenvalue weighted by molar-refractivity contribution is 4.83. The summed E-state index contributed by atoms with van der Waals surface area (Å²) in [4.78, 5) is 4.46. The fourth-order valence-corrected chi connectivity index (χ4v) is 2.23. The van der Waals surface area contributed by atoms with E-state index in [1.54, 1.807) is 0 Å². The third-order valence-corrected chi connectivity index (χ3v) is 3.22. The molecule has 0 radical (unpaired) electrons. The van der Waals surface area contributed by atoms with Crippen LogP contribution in [0.3, 0.4) is 0 Å². The van der Waals surface area contributed by atoms with E-state index < -0.39 is 6.43 Å². The predicted molar refractivity (Wildman–Crippen MR) is 58.4 cm³/mol. The van der Waals surface area contributed by atoms with E-state index >= 15 is 0 Å². The number of piperazine rings is 1. The SMILES string of the molecule is CCN1CCN(C(C)C)CC1CC(F)F. The second kappa shape index (κ2) is 5.75. The maximum absolute atomic E-state index is 12.4. The molecule has 0 saturated carbocycles. The molecule has 0 bridgehead atoms. The standard InChI is InChI=1S/C11H22F2N2/c1-4-14-5-6-15(9(2)3)8-10(14)7-11(12)13/h9-11H,4-8H2,1-3H3. The first kappa shape index (κ1) is 12.8. The van der Waals surface area contributed by atoms with E-state index in [9.17, 15) is 8.78 Å². The van der Waals surface area contributed by atoms with Crippen molar-refractivity contribution in [3.63, 3.8) is 0 Å². The third kappa shape index (κ3) is 3.68. The molecule has 0 amide bonds. The Labute approximate surface area is 91.2 Å². The zero-order chi connectivity index (χ0) is 11.4. The molecule has 1 atom stereocenters. The molecule has 1 unspecified atom stereocenters. The zero-order valence-electron chi connectivity index (χ0n) is 9.92. The smallest absolute Gasteiger partial charge is 0.240 e. The monoisotopic (exact) mass is 220 g/mol. The zero-order valence-corrected chi connectivity index (χ0v) is 9.92. The van der Waals surface area contributed by atoms with Crippen molar-refractivity contribution in [3.8, 4) is 0 Å². The van der Waals surface area contributed by atoms with Gasteiger partial charge in [-0.25, -0.2) is 8.78 Å². The van der Waals surface area contributed by atoms with E-state index in [2.05, 4.69) is 23.6 Å². The van der Waals surface area contributed by atoms with Gasteiger partial charge in [0.25, 0.3) is 0 Å². The van der Waals surface area contributed by atoms with Crippen molar-refractivity contribution >= 4 is 0 Å². The topological polar surface area (TPSA) is 6.48 Å². The Morgan fingerprint density at radius 2 is 1.93 bits per heavy atom. The average Bonchev–Trinajstić information content (AvgIpc) is 2.16. The van der Waals surface area contributed by atoms with Gasteiger partial charge in [0, 0.05) is 38.1 Å². The Hall–Kier alpha value is -0.220. The van der Waals surface area contributed by atoms with Gasteiger partial charge in [-0.2, -0.15) is 0 Å². The lowest BCUT2D eigenvalue weighted by molar-refractivity contribution is 0.0200. The average molecular weight is 220 g/mol. The molecule has 0 aromatic rings. The first-order chi connectivity index (χ1) is 7.04. The molecule has 1 saturated heterocycles. The minimum absolute atomic E-state index is 0.0110. The second-order valence-corrected chi connectivity index (χ2v) is 4.50. The van der Waals surface area contributed by atoms with Crippen molar-refractivity contribution in [2.45, 2.75) is 45.7 Å². The minimum Gasteiger partial charge on any atom is -0.298 e. The normalized spacial score (nSPS) is 25.4. The van der Waals surface area contributed by atoms with Crippen LogP contribution < -0.4 is 0 Å². The van der Waals surface area contributed by atoms with Gasteiger partial charge in [0.05, 0.1) is 0 Å². The number of likely N-dealkylation sites (N-methyl/N-ethyl adjacent to an activating group) is 1. The van der Waals surface area contributed by atoms with Crippen molar-refractivity contribution in [1.29, 1.82) is 0 Å². The second-order valence-electron chi connectivity index (χ2n) is 4.50. The molecule has 1 heterocycles. The lowest BCUT2D eigenvalue weighted by Gasteiger charge is -2.42. The van der Waals surface area contributed by atoms with Crippen LogP contribution in [0.1, 0.15) is 27.2 Å². The molecule has 90 valence electrons. The Morgan fingerprint density at radius 1 is 1.27 bits per heavy atom. The summed E-state index contributed by atoms with van der Waals surface area (Å²) in [6, 6.07) is 0.496. The maximum Gasteiger partial charge on any atom is 0.240 e. The van der Waals surface area contributed by atoms with Gasteiger partial charge in [0.15, 0.2) is 0 Å². The lowest BCUT2D eigenvalue weighted by Crippen LogP contribution is -2.55. The van der Waals surface area contributed by atoms with Crippen LogP contribution >= 0.6 is 0 Å². The molecule has 15 heavy (non-hydrogen) atoms. The Morgan fingerprint density at radius 3 is 2.40 bits per heavy atom. The van der Waals surface area contributed by atoms with Crippen molar-refractivity contribution in [2.24, 2.45) is 0 Å². The number of nitrogens with zero attached hydrogens (tertiary/aromatic N) is 2. The molecule has 0 aromatic carbocycles. The number of rotatable bonds is 4. The quantitative estimate of drug-likeness (QED) is 0.715. The van der Waals surface area contributed by atoms with Crippen LogP contribution in [0.2, 0.25) is 0 Å². The molecule has 1 aliphatic heterocycles. The summed E-state index contributed by atoms with van der Waals surface area (Å²) in [7, 11) is 0. The fraction of sp³-hybridized carbons (Fsp3) is 1.00. The molecule has 1 rings (SSSR count). The summed E-state index contributed by atoms with van der Waals surface area (Å²) < 4.78 is 24.8. The molecule has 4 heteroatoms. The summed E-state index contributed by atoms with van der Waals surface area (Å²) >= 11 is 0. The van der Waals surface area contributed by atoms with Gasteiger partial charge in [-0.05, 0) is 20.4 Å². The molecular weight excluding hydrogens is 198 g/mol. The highest BCUT2D eigenvalue weighted by Crippen LogP contribution is 2.17. The summed E-state index contributed by atoms with van der Waals surface area (Å²) in [5.74, 6) is 0. The Kier molecular flexibility index (Phi) is 4.93. The fourth-order valence-electron chi connectivity index (χ4n) is 2.23. The molecular formula is C11H22F2N2. The predicted octanol–water partition coefficient (Wildman–Crippen LogP) is 2.06. The van der Waals surface area contributed by atoms with Crippen LogP contribution in [-0.2, 0) is 0 Å². The molecule has 1 aliphatic rings. The first-order valence-corrected chi connectivity index (χ1v) is 5.80. The van der Waals surface area contributed by atoms with Crippen LogP contribution in [0.5, 0.6) is 0 Å². The lowest BCUT2D eigenvalue weighted by atomic mass is 10.1. The summed E-state index contributed by atoms with van der Waals surface area (Å²) in [6.07, 6.45) is -2.17. The Bertz CT molecular complexity index is 185. The Balaban J connectivity index is 2.53. The van der Waals surface area contributed by atoms with Crippen molar-refractivity contribution < 1.29 is 8.78 Å². The van der Waals surface area contributed by atoms with Crippen LogP contribution in [-0.4, -0.2) is 54.5 Å². The number of hydrogen-bond donors (Lipinski definition) is 0. The molecule has 0 aromatic heterocycles. The molecule has 2 nitrogen and oxygen atoms in total. The van der Waals surface area contributed by atoms with Gasteiger partial charge in [0.2, 0.25) is 6.43 Å². The van der Waals surface area contributed by atoms with Crippen LogP contribution in [0.25, 0.3) is 0 Å². The summed E-state index contributed by atoms with van der Waals surface area (Å²) in [6.45, 7) is 9.89. The van der Waals surface area contributed by atoms with Crippen molar-refractivity contribution in [2.75, 3.05) is 26.2 Å². The van der Waals surface area contributed by atoms with E-state index in [-0.39, 0.29) is 12.5 Å². The number of alkyl halides is 2. The van der Waals surface area contributed by atoms with E-state index in [0.717, 1.165) is 26.2 Å². The van der Waals surface area contributed by atoms with E-state index in [0.29, 0.717) is 6.04 Å². The maximum atomic E-state index is 12.4. The van der Waals surface area contributed by atoms with E-state index in [1.165, 1.54) is 0 Å². The summed E-state index contributed by atoms with van der Waals surface area (Å²) in [5.41, 5.74) is 0. The van der Waals surface area contributed by atoms with Gasteiger partial charge < -0.3 is 0 Å². The molecule has 0 spiro atoms. The highest BCUT2D eigenvalue weighted by atomic mass is 19.3. The first-order valence-electron chi connectivity index (χ1n) is 5.80. The van der Waals surface area contributed by atoms with Gasteiger partial charge in [-0.1, -0.05) is 6.92 Å². The van der Waals surface area contributed by atoms with Gasteiger partial charge in [-0.15, -0.1) is 0 Å². The third-order valence-electron chi connectivity index (χ3n) is 3.22. The van der Waals surface area contributed by atoms with Crippen LogP contribution in [0.4, 0.5) is 8.78 Å².